The lowest BCUT2D eigenvalue weighted by molar-refractivity contribution is -0.0473. The molecule has 0 radical (unpaired) electrons. The summed E-state index contributed by atoms with van der Waals surface area (Å²) >= 11 is 0. The molecule has 11 heteroatoms. The van der Waals surface area contributed by atoms with Crippen LogP contribution in [0.1, 0.15) is 52.0 Å². The molecule has 2 heterocycles. The molecule has 3 unspecified atom stereocenters. The van der Waals surface area contributed by atoms with E-state index in [0.29, 0.717) is 24.2 Å². The highest BCUT2D eigenvalue weighted by atomic mass is 19.2. The molecule has 0 spiro atoms. The molecule has 40 heavy (non-hydrogen) atoms. The summed E-state index contributed by atoms with van der Waals surface area (Å²) in [6, 6.07) is 6.60. The Morgan fingerprint density at radius 1 is 1.25 bits per heavy atom. The average Bonchev–Trinajstić information content (AvgIpc) is 2.92. The number of hydrogen-bond donors (Lipinski definition) is 3. The maximum Gasteiger partial charge on any atom is 0.332 e. The smallest absolute Gasteiger partial charge is 0.332 e. The molecule has 1 aromatic heterocycles. The lowest BCUT2D eigenvalue weighted by Crippen LogP contribution is -2.44. The van der Waals surface area contributed by atoms with E-state index in [9.17, 15) is 23.5 Å². The minimum atomic E-state index is -1.85. The van der Waals surface area contributed by atoms with E-state index in [1.54, 1.807) is 51.4 Å². The van der Waals surface area contributed by atoms with Crippen LogP contribution in [0.25, 0.3) is 0 Å². The van der Waals surface area contributed by atoms with Crippen LogP contribution in [-0.4, -0.2) is 39.5 Å². The van der Waals surface area contributed by atoms with Gasteiger partial charge in [-0.05, 0) is 50.0 Å². The SMILES string of the molecule is CCC(CC1=CNCC(F)=C1)C(Nc1c(C)c(=O)n(CCCO)c(=O)n1C)Oc1cccc(OC(C)(F)CC)c1. The Hall–Kier alpha value is -3.60. The first-order chi connectivity index (χ1) is 19.0. The number of anilines is 1. The molecule has 220 valence electrons. The summed E-state index contributed by atoms with van der Waals surface area (Å²) in [6.45, 7) is 6.69. The molecule has 1 aliphatic heterocycles. The maximum absolute atomic E-state index is 14.5. The summed E-state index contributed by atoms with van der Waals surface area (Å²) in [6.07, 6.45) is 3.95. The van der Waals surface area contributed by atoms with Crippen LogP contribution in [0.3, 0.4) is 0 Å². The summed E-state index contributed by atoms with van der Waals surface area (Å²) in [5.74, 6) is -1.40. The van der Waals surface area contributed by atoms with E-state index < -0.39 is 23.3 Å². The van der Waals surface area contributed by atoms with E-state index in [-0.39, 0.29) is 55.9 Å². The van der Waals surface area contributed by atoms with Crippen LogP contribution in [0.2, 0.25) is 0 Å². The van der Waals surface area contributed by atoms with Crippen molar-refractivity contribution >= 4 is 5.82 Å². The number of benzene rings is 1. The lowest BCUT2D eigenvalue weighted by atomic mass is 9.94. The molecule has 2 aromatic rings. The van der Waals surface area contributed by atoms with Gasteiger partial charge in [0.2, 0.25) is 5.85 Å². The Kier molecular flexibility index (Phi) is 10.6. The summed E-state index contributed by atoms with van der Waals surface area (Å²) in [7, 11) is 1.55. The Morgan fingerprint density at radius 2 is 1.98 bits per heavy atom. The van der Waals surface area contributed by atoms with E-state index in [4.69, 9.17) is 9.47 Å². The normalized spacial score (nSPS) is 16.2. The van der Waals surface area contributed by atoms with Crippen molar-refractivity contribution in [2.45, 2.75) is 72.0 Å². The summed E-state index contributed by atoms with van der Waals surface area (Å²) < 4.78 is 42.8. The second-order valence-corrected chi connectivity index (χ2v) is 10.1. The Morgan fingerprint density at radius 3 is 2.62 bits per heavy atom. The van der Waals surface area contributed by atoms with Crippen molar-refractivity contribution in [3.8, 4) is 11.5 Å². The number of aromatic nitrogens is 2. The van der Waals surface area contributed by atoms with Crippen molar-refractivity contribution in [1.29, 1.82) is 0 Å². The van der Waals surface area contributed by atoms with Crippen molar-refractivity contribution in [2.75, 3.05) is 18.5 Å². The number of nitrogens with one attached hydrogen (secondary N) is 2. The maximum atomic E-state index is 14.5. The van der Waals surface area contributed by atoms with E-state index in [0.717, 1.165) is 10.1 Å². The quantitative estimate of drug-likeness (QED) is 0.295. The molecule has 0 amide bonds. The van der Waals surface area contributed by atoms with Gasteiger partial charge >= 0.3 is 5.69 Å². The van der Waals surface area contributed by atoms with Crippen molar-refractivity contribution < 1.29 is 23.4 Å². The van der Waals surface area contributed by atoms with Crippen LogP contribution in [-0.2, 0) is 13.6 Å². The van der Waals surface area contributed by atoms with E-state index >= 15 is 0 Å². The van der Waals surface area contributed by atoms with Crippen LogP contribution in [0.4, 0.5) is 14.6 Å². The first-order valence-electron chi connectivity index (χ1n) is 13.6. The molecule has 0 saturated carbocycles. The minimum absolute atomic E-state index is 0.0950. The van der Waals surface area contributed by atoms with Gasteiger partial charge in [0.1, 0.15) is 23.1 Å². The van der Waals surface area contributed by atoms with Gasteiger partial charge in [0.15, 0.2) is 6.23 Å². The van der Waals surface area contributed by atoms with Gasteiger partial charge in [-0.1, -0.05) is 19.9 Å². The van der Waals surface area contributed by atoms with Gasteiger partial charge in [-0.25, -0.2) is 9.18 Å². The Balaban J connectivity index is 2.01. The number of halogens is 2. The van der Waals surface area contributed by atoms with Gasteiger partial charge in [-0.15, -0.1) is 0 Å². The molecule has 0 bridgehead atoms. The van der Waals surface area contributed by atoms with Crippen LogP contribution in [0, 0.1) is 12.8 Å². The lowest BCUT2D eigenvalue weighted by Gasteiger charge is -2.31. The van der Waals surface area contributed by atoms with Crippen molar-refractivity contribution in [1.82, 2.24) is 14.5 Å². The number of allylic oxidation sites excluding steroid dienone is 2. The molecule has 0 fully saturated rings. The van der Waals surface area contributed by atoms with Gasteiger partial charge in [0.05, 0.1) is 12.1 Å². The number of alkyl halides is 1. The highest BCUT2D eigenvalue weighted by Crippen LogP contribution is 2.30. The van der Waals surface area contributed by atoms with Crippen LogP contribution >= 0.6 is 0 Å². The zero-order valence-corrected chi connectivity index (χ0v) is 23.8. The molecule has 0 aliphatic carbocycles. The summed E-state index contributed by atoms with van der Waals surface area (Å²) in [5, 5.41) is 15.4. The Labute approximate surface area is 233 Å². The predicted octanol–water partition coefficient (Wildman–Crippen LogP) is 4.29. The molecule has 3 atom stereocenters. The molecule has 9 nitrogen and oxygen atoms in total. The fraction of sp³-hybridized carbons (Fsp3) is 0.517. The first kappa shape index (κ1) is 30.9. The highest BCUT2D eigenvalue weighted by molar-refractivity contribution is 5.44. The van der Waals surface area contributed by atoms with Crippen molar-refractivity contribution in [3.63, 3.8) is 0 Å². The number of dihydropyridines is 1. The number of aliphatic hydroxyl groups excluding tert-OH is 1. The van der Waals surface area contributed by atoms with Crippen LogP contribution in [0.5, 0.6) is 11.5 Å². The van der Waals surface area contributed by atoms with Crippen molar-refractivity contribution in [3.05, 3.63) is 74.3 Å². The monoisotopic (exact) mass is 562 g/mol. The number of ether oxygens (including phenoxy) is 2. The van der Waals surface area contributed by atoms with Crippen LogP contribution in [0.15, 0.2) is 57.5 Å². The van der Waals surface area contributed by atoms with Gasteiger partial charge < -0.3 is 25.2 Å². The molecular weight excluding hydrogens is 522 g/mol. The van der Waals surface area contributed by atoms with Gasteiger partial charge in [-0.3, -0.25) is 13.9 Å². The highest BCUT2D eigenvalue weighted by Gasteiger charge is 2.27. The van der Waals surface area contributed by atoms with Gasteiger partial charge in [0, 0.05) is 51.7 Å². The zero-order valence-electron chi connectivity index (χ0n) is 23.8. The third kappa shape index (κ3) is 7.74. The molecule has 3 rings (SSSR count). The molecule has 1 aromatic carbocycles. The van der Waals surface area contributed by atoms with Crippen LogP contribution < -0.4 is 31.4 Å². The third-order valence-corrected chi connectivity index (χ3v) is 6.97. The predicted molar refractivity (Wildman–Crippen MR) is 151 cm³/mol. The fourth-order valence-corrected chi connectivity index (χ4v) is 4.46. The largest absolute Gasteiger partial charge is 0.470 e. The summed E-state index contributed by atoms with van der Waals surface area (Å²) in [5.41, 5.74) is 0.0532. The second kappa shape index (κ2) is 13.6. The number of aliphatic hydroxyl groups is 1. The standard InChI is InChI=1S/C29H40F2N4O5/c1-6-21(14-20-15-22(30)18-32-17-20)26(39-23-10-8-11-24(16-23)40-29(4,31)7-2)33-25-19(3)27(37)35(12-9-13-36)28(38)34(25)5/h8,10-11,15-17,21,26,32-33,36H,6-7,9,12-14,18H2,1-5H3. The topological polar surface area (TPSA) is 107 Å². The average molecular weight is 563 g/mol. The molecular formula is C29H40F2N4O5. The third-order valence-electron chi connectivity index (χ3n) is 6.97. The number of rotatable bonds is 14. The molecule has 0 saturated heterocycles. The van der Waals surface area contributed by atoms with E-state index in [1.807, 2.05) is 6.92 Å². The molecule has 1 aliphatic rings. The fourth-order valence-electron chi connectivity index (χ4n) is 4.46. The number of nitrogens with zero attached hydrogens (tertiary/aromatic N) is 2. The van der Waals surface area contributed by atoms with E-state index in [1.165, 1.54) is 17.6 Å². The number of hydrogen-bond acceptors (Lipinski definition) is 7. The molecule has 3 N–H and O–H groups in total. The van der Waals surface area contributed by atoms with Gasteiger partial charge in [-0.2, -0.15) is 4.39 Å². The van der Waals surface area contributed by atoms with Crippen molar-refractivity contribution in [2.24, 2.45) is 13.0 Å². The second-order valence-electron chi connectivity index (χ2n) is 10.1. The zero-order chi connectivity index (χ0) is 29.4. The van der Waals surface area contributed by atoms with E-state index in [2.05, 4.69) is 10.6 Å². The minimum Gasteiger partial charge on any atom is -0.470 e. The summed E-state index contributed by atoms with van der Waals surface area (Å²) in [4.78, 5) is 26.1. The van der Waals surface area contributed by atoms with Gasteiger partial charge in [0.25, 0.3) is 5.56 Å². The first-order valence-corrected chi connectivity index (χ1v) is 13.6. The Bertz CT molecular complexity index is 1310.